The summed E-state index contributed by atoms with van der Waals surface area (Å²) >= 11 is 1.62. The van der Waals surface area contributed by atoms with Gasteiger partial charge in [-0.05, 0) is 30.0 Å². The van der Waals surface area contributed by atoms with Crippen LogP contribution in [0.15, 0.2) is 58.8 Å². The van der Waals surface area contributed by atoms with Crippen molar-refractivity contribution in [3.05, 3.63) is 65.6 Å². The monoisotopic (exact) mass is 349 g/mol. The molecule has 0 aliphatic rings. The number of nitrogens with zero attached hydrogens (tertiary/aromatic N) is 4. The van der Waals surface area contributed by atoms with Gasteiger partial charge in [0.1, 0.15) is 0 Å². The average molecular weight is 349 g/mol. The van der Waals surface area contributed by atoms with Gasteiger partial charge in [0.05, 0.1) is 21.8 Å². The van der Waals surface area contributed by atoms with E-state index < -0.39 is 0 Å². The predicted molar refractivity (Wildman–Crippen MR) is 97.1 cm³/mol. The lowest BCUT2D eigenvalue weighted by atomic mass is 10.1. The maximum absolute atomic E-state index is 5.40. The van der Waals surface area contributed by atoms with Crippen LogP contribution in [0.4, 0.5) is 5.95 Å². The van der Waals surface area contributed by atoms with Crippen molar-refractivity contribution in [2.75, 3.05) is 5.32 Å². The second-order valence-corrected chi connectivity index (χ2v) is 6.43. The molecule has 4 rings (SSSR count). The molecular formula is C18H15N5OS. The van der Waals surface area contributed by atoms with E-state index in [4.69, 9.17) is 9.51 Å². The summed E-state index contributed by atoms with van der Waals surface area (Å²) in [5, 5.41) is 9.23. The van der Waals surface area contributed by atoms with E-state index in [9.17, 15) is 0 Å². The molecule has 124 valence electrons. The summed E-state index contributed by atoms with van der Waals surface area (Å²) in [6.45, 7) is 2.50. The molecule has 0 bridgehead atoms. The molecule has 0 saturated heterocycles. The molecular weight excluding hydrogens is 334 g/mol. The van der Waals surface area contributed by atoms with Crippen LogP contribution in [0.2, 0.25) is 0 Å². The number of thiophene rings is 1. The Hall–Kier alpha value is -3.06. The van der Waals surface area contributed by atoms with E-state index in [0.29, 0.717) is 18.3 Å². The Balaban J connectivity index is 1.67. The number of pyridine rings is 1. The summed E-state index contributed by atoms with van der Waals surface area (Å²) < 4.78 is 5.40. The normalized spacial score (nSPS) is 10.8. The number of hydrogen-bond acceptors (Lipinski definition) is 7. The Kier molecular flexibility index (Phi) is 4.22. The molecule has 0 spiro atoms. The first kappa shape index (κ1) is 15.5. The summed E-state index contributed by atoms with van der Waals surface area (Å²) in [6, 6.07) is 9.83. The van der Waals surface area contributed by atoms with Crippen LogP contribution in [-0.4, -0.2) is 20.1 Å². The van der Waals surface area contributed by atoms with Crippen molar-refractivity contribution in [3.63, 3.8) is 0 Å². The molecule has 6 nitrogen and oxygen atoms in total. The third kappa shape index (κ3) is 3.41. The molecule has 4 aromatic rings. The first-order chi connectivity index (χ1) is 12.3. The second kappa shape index (κ2) is 6.82. The molecule has 1 N–H and O–H groups in total. The van der Waals surface area contributed by atoms with Gasteiger partial charge >= 0.3 is 0 Å². The minimum absolute atomic E-state index is 0.562. The van der Waals surface area contributed by atoms with Gasteiger partial charge in [-0.1, -0.05) is 17.3 Å². The van der Waals surface area contributed by atoms with Crippen molar-refractivity contribution < 1.29 is 4.52 Å². The molecule has 0 amide bonds. The van der Waals surface area contributed by atoms with Crippen LogP contribution in [0, 0.1) is 6.92 Å². The molecule has 0 saturated carbocycles. The van der Waals surface area contributed by atoms with Crippen molar-refractivity contribution in [2.45, 2.75) is 13.5 Å². The maximum Gasteiger partial charge on any atom is 0.223 e. The van der Waals surface area contributed by atoms with Gasteiger partial charge in [-0.3, -0.25) is 4.98 Å². The summed E-state index contributed by atoms with van der Waals surface area (Å²) in [4.78, 5) is 14.3. The van der Waals surface area contributed by atoms with E-state index >= 15 is 0 Å². The van der Waals surface area contributed by atoms with Crippen LogP contribution < -0.4 is 5.32 Å². The quantitative estimate of drug-likeness (QED) is 0.582. The Labute approximate surface area is 148 Å². The van der Waals surface area contributed by atoms with Gasteiger partial charge in [-0.25, -0.2) is 9.97 Å². The largest absolute Gasteiger partial charge is 0.356 e. The minimum Gasteiger partial charge on any atom is -0.356 e. The summed E-state index contributed by atoms with van der Waals surface area (Å²) in [6.07, 6.45) is 5.34. The Morgan fingerprint density at radius 3 is 2.88 bits per heavy atom. The topological polar surface area (TPSA) is 76.7 Å². The lowest BCUT2D eigenvalue weighted by Crippen LogP contribution is -2.04. The van der Waals surface area contributed by atoms with Crippen molar-refractivity contribution in [1.82, 2.24) is 20.1 Å². The minimum atomic E-state index is 0.562. The fraction of sp³-hybridized carbons (Fsp3) is 0.111. The summed E-state index contributed by atoms with van der Waals surface area (Å²) in [5.74, 6) is 1.23. The number of aryl methyl sites for hydroxylation is 1. The highest BCUT2D eigenvalue weighted by Gasteiger charge is 2.16. The molecule has 0 radical (unpaired) electrons. The number of anilines is 1. The standard InChI is InChI=1S/C18H15N5OS/c1-12-8-15(24-23-12)14-11-21-18(20-10-13-4-2-6-19-9-13)22-17(14)16-5-3-7-25-16/h2-9,11H,10H2,1H3,(H,20,21,22). The molecule has 0 atom stereocenters. The smallest absolute Gasteiger partial charge is 0.223 e. The van der Waals surface area contributed by atoms with Gasteiger partial charge in [0, 0.05) is 31.2 Å². The lowest BCUT2D eigenvalue weighted by molar-refractivity contribution is 0.427. The van der Waals surface area contributed by atoms with E-state index in [-0.39, 0.29) is 0 Å². The molecule has 4 heterocycles. The predicted octanol–water partition coefficient (Wildman–Crippen LogP) is 4.18. The van der Waals surface area contributed by atoms with Gasteiger partial charge in [0.2, 0.25) is 5.95 Å². The SMILES string of the molecule is Cc1cc(-c2cnc(NCc3cccnc3)nc2-c2cccs2)on1. The number of hydrogen-bond donors (Lipinski definition) is 1. The van der Waals surface area contributed by atoms with Crippen molar-refractivity contribution in [3.8, 4) is 21.9 Å². The van der Waals surface area contributed by atoms with E-state index in [1.807, 2.05) is 48.8 Å². The van der Waals surface area contributed by atoms with Crippen LogP contribution in [0.5, 0.6) is 0 Å². The highest BCUT2D eigenvalue weighted by atomic mass is 32.1. The van der Waals surface area contributed by atoms with Crippen LogP contribution in [0.3, 0.4) is 0 Å². The van der Waals surface area contributed by atoms with E-state index in [1.165, 1.54) is 0 Å². The summed E-state index contributed by atoms with van der Waals surface area (Å²) in [7, 11) is 0. The van der Waals surface area contributed by atoms with Crippen LogP contribution in [0.1, 0.15) is 11.3 Å². The number of rotatable bonds is 5. The molecule has 0 aromatic carbocycles. The van der Waals surface area contributed by atoms with E-state index in [2.05, 4.69) is 20.4 Å². The maximum atomic E-state index is 5.40. The fourth-order valence-electron chi connectivity index (χ4n) is 2.42. The van der Waals surface area contributed by atoms with Crippen LogP contribution in [-0.2, 0) is 6.54 Å². The molecule has 0 fully saturated rings. The Morgan fingerprint density at radius 1 is 1.20 bits per heavy atom. The zero-order valence-corrected chi connectivity index (χ0v) is 14.3. The van der Waals surface area contributed by atoms with Gasteiger partial charge in [-0.15, -0.1) is 11.3 Å². The molecule has 0 unspecified atom stereocenters. The van der Waals surface area contributed by atoms with Crippen LogP contribution >= 0.6 is 11.3 Å². The van der Waals surface area contributed by atoms with Crippen molar-refractivity contribution >= 4 is 17.3 Å². The summed E-state index contributed by atoms with van der Waals surface area (Å²) in [5.41, 5.74) is 3.55. The molecule has 0 aliphatic carbocycles. The Morgan fingerprint density at radius 2 is 2.16 bits per heavy atom. The highest BCUT2D eigenvalue weighted by Crippen LogP contribution is 2.33. The average Bonchev–Trinajstić information content (AvgIpc) is 3.32. The van der Waals surface area contributed by atoms with E-state index in [1.54, 1.807) is 23.7 Å². The van der Waals surface area contributed by atoms with Gasteiger partial charge < -0.3 is 9.84 Å². The molecule has 4 aromatic heterocycles. The first-order valence-electron chi connectivity index (χ1n) is 7.77. The number of nitrogens with one attached hydrogen (secondary N) is 1. The molecule has 25 heavy (non-hydrogen) atoms. The zero-order valence-electron chi connectivity index (χ0n) is 13.5. The van der Waals surface area contributed by atoms with Crippen molar-refractivity contribution in [1.29, 1.82) is 0 Å². The second-order valence-electron chi connectivity index (χ2n) is 5.48. The lowest BCUT2D eigenvalue weighted by Gasteiger charge is -2.08. The van der Waals surface area contributed by atoms with Crippen LogP contribution in [0.25, 0.3) is 21.9 Å². The fourth-order valence-corrected chi connectivity index (χ4v) is 3.15. The van der Waals surface area contributed by atoms with Gasteiger partial charge in [-0.2, -0.15) is 0 Å². The highest BCUT2D eigenvalue weighted by molar-refractivity contribution is 7.13. The zero-order chi connectivity index (χ0) is 17.1. The van der Waals surface area contributed by atoms with E-state index in [0.717, 1.165) is 27.4 Å². The molecule has 0 aliphatic heterocycles. The third-order valence-corrected chi connectivity index (χ3v) is 4.49. The van der Waals surface area contributed by atoms with Crippen molar-refractivity contribution in [2.24, 2.45) is 0 Å². The first-order valence-corrected chi connectivity index (χ1v) is 8.65. The van der Waals surface area contributed by atoms with Gasteiger partial charge in [0.25, 0.3) is 0 Å². The molecule has 7 heteroatoms. The number of aromatic nitrogens is 4. The third-order valence-electron chi connectivity index (χ3n) is 3.61. The Bertz CT molecular complexity index is 966. The van der Waals surface area contributed by atoms with Gasteiger partial charge in [0.15, 0.2) is 5.76 Å².